The summed E-state index contributed by atoms with van der Waals surface area (Å²) in [6, 6.07) is 9.68. The predicted molar refractivity (Wildman–Crippen MR) is 91.7 cm³/mol. The van der Waals surface area contributed by atoms with Gasteiger partial charge in [-0.1, -0.05) is 30.4 Å². The molecule has 0 bridgehead atoms. The van der Waals surface area contributed by atoms with E-state index in [1.54, 1.807) is 10.1 Å². The number of hydrogen-bond donors (Lipinski definition) is 0. The second-order valence-corrected chi connectivity index (χ2v) is 15.3. The second-order valence-electron chi connectivity index (χ2n) is 4.91. The van der Waals surface area contributed by atoms with Gasteiger partial charge in [0.05, 0.1) is 6.26 Å². The molecule has 3 heteroatoms. The first-order valence-corrected chi connectivity index (χ1v) is 13.7. The maximum atomic E-state index is 5.28. The van der Waals surface area contributed by atoms with Gasteiger partial charge in [-0.05, 0) is 25.1 Å². The molecule has 0 heterocycles. The van der Waals surface area contributed by atoms with Crippen LogP contribution in [0.25, 0.3) is 0 Å². The minimum atomic E-state index is -0.207. The zero-order chi connectivity index (χ0) is 15.3. The van der Waals surface area contributed by atoms with Crippen LogP contribution in [0.2, 0.25) is 13.1 Å². The molecule has 110 valence electrons. The molecule has 0 saturated heterocycles. The zero-order valence-electron chi connectivity index (χ0n) is 13.1. The minimum absolute atomic E-state index is 0.207. The van der Waals surface area contributed by atoms with Crippen LogP contribution in [-0.2, 0) is 18.4 Å². The van der Waals surface area contributed by atoms with Crippen LogP contribution < -0.4 is 4.74 Å². The maximum absolute atomic E-state index is 5.28. The zero-order valence-corrected chi connectivity index (χ0v) is 15.8. The third kappa shape index (κ3) is 9.46. The van der Waals surface area contributed by atoms with E-state index in [9.17, 15) is 0 Å². The number of benzene rings is 1. The second kappa shape index (κ2) is 11.6. The Bertz CT molecular complexity index is 501. The van der Waals surface area contributed by atoms with E-state index >= 15 is 0 Å². The molecule has 0 amide bonds. The van der Waals surface area contributed by atoms with E-state index in [-0.39, 0.29) is 6.66 Å². The molecule has 0 fully saturated rings. The van der Waals surface area contributed by atoms with E-state index in [4.69, 9.17) is 4.74 Å². The van der Waals surface area contributed by atoms with Crippen molar-refractivity contribution in [1.82, 2.24) is 0 Å². The fraction of sp³-hybridized carbons (Fsp3) is 0.222. The van der Waals surface area contributed by atoms with Gasteiger partial charge in [0.15, 0.2) is 0 Å². The van der Waals surface area contributed by atoms with Gasteiger partial charge in [0, 0.05) is 0 Å². The molecule has 0 spiro atoms. The predicted octanol–water partition coefficient (Wildman–Crippen LogP) is 5.05. The third-order valence-electron chi connectivity index (χ3n) is 2.57. The Morgan fingerprint density at radius 1 is 1.14 bits per heavy atom. The average Bonchev–Trinajstić information content (AvgIpc) is 2.98. The Morgan fingerprint density at radius 3 is 2.48 bits per heavy atom. The molecule has 1 aliphatic rings. The number of allylic oxidation sites excluding steroid dienone is 7. The van der Waals surface area contributed by atoms with Gasteiger partial charge < -0.3 is 4.74 Å². The summed E-state index contributed by atoms with van der Waals surface area (Å²) in [5.74, 6) is 0.859. The van der Waals surface area contributed by atoms with E-state index < -0.39 is 0 Å². The summed E-state index contributed by atoms with van der Waals surface area (Å²) < 4.78 is 7.05. The van der Waals surface area contributed by atoms with Crippen LogP contribution in [0.1, 0.15) is 13.3 Å². The molecule has 0 saturated carbocycles. The molecule has 0 aliphatic heterocycles. The van der Waals surface area contributed by atoms with Crippen molar-refractivity contribution in [3.8, 4) is 5.75 Å². The number of ether oxygens (including phenoxy) is 1. The molecule has 0 N–H and O–H groups in total. The first-order valence-electron chi connectivity index (χ1n) is 7.34. The van der Waals surface area contributed by atoms with Crippen LogP contribution in [0.5, 0.6) is 5.75 Å². The summed E-state index contributed by atoms with van der Waals surface area (Å²) in [6.45, 7) is 6.67. The van der Waals surface area contributed by atoms with E-state index in [1.165, 1.54) is 6.42 Å². The molecule has 2 rings (SSSR count). The van der Waals surface area contributed by atoms with Gasteiger partial charge in [-0.15, -0.1) is 0 Å². The molecule has 1 aliphatic carbocycles. The molecule has 0 aromatic heterocycles. The number of rotatable bonds is 5. The summed E-state index contributed by atoms with van der Waals surface area (Å²) >= 11 is 0.375. The van der Waals surface area contributed by atoms with Crippen molar-refractivity contribution in [3.63, 3.8) is 0 Å². The Kier molecular flexibility index (Phi) is 9.89. The summed E-state index contributed by atoms with van der Waals surface area (Å²) in [7, 11) is 0. The molecular formula is C18H24OSiTi. The van der Waals surface area contributed by atoms with Crippen molar-refractivity contribution < 1.29 is 23.1 Å². The van der Waals surface area contributed by atoms with Gasteiger partial charge in [0.25, 0.3) is 0 Å². The van der Waals surface area contributed by atoms with Crippen molar-refractivity contribution in [3.05, 3.63) is 76.9 Å². The summed E-state index contributed by atoms with van der Waals surface area (Å²) in [5.41, 5.74) is 0. The van der Waals surface area contributed by atoms with Gasteiger partial charge in [0.2, 0.25) is 0 Å². The Morgan fingerprint density at radius 2 is 1.90 bits per heavy atom. The fourth-order valence-electron chi connectivity index (χ4n) is 1.70. The van der Waals surface area contributed by atoms with Gasteiger partial charge in [-0.3, -0.25) is 0 Å². The average molecular weight is 332 g/mol. The van der Waals surface area contributed by atoms with Crippen LogP contribution in [0, 0.1) is 0 Å². The molecule has 1 aromatic rings. The van der Waals surface area contributed by atoms with E-state index in [0.717, 1.165) is 5.75 Å². The molecular weight excluding hydrogens is 308 g/mol. The van der Waals surface area contributed by atoms with Gasteiger partial charge in [-0.25, -0.2) is 0 Å². The van der Waals surface area contributed by atoms with Crippen LogP contribution in [0.4, 0.5) is 0 Å². The standard InChI is InChI=1S/C11H12O.C5H5.C2H7Si.Ti/c1-2-3-7-10-12-11-8-5-4-6-9-11;1-2-4-5-3-1;1-3-2;/h2-10H,1H3;1-3H,4H2;3H,1-2H3;. The quantitative estimate of drug-likeness (QED) is 0.416. The number of para-hydroxylation sites is 1. The first kappa shape index (κ1) is 18.0. The van der Waals surface area contributed by atoms with Crippen LogP contribution in [0.15, 0.2) is 76.9 Å². The topological polar surface area (TPSA) is 9.23 Å². The number of hydrogen-bond acceptors (Lipinski definition) is 1. The molecule has 0 unspecified atom stereocenters. The van der Waals surface area contributed by atoms with Crippen molar-refractivity contribution in [2.75, 3.05) is 0 Å². The van der Waals surface area contributed by atoms with Crippen LogP contribution in [-0.4, -0.2) is 6.66 Å². The normalized spacial score (nSPS) is 13.4. The van der Waals surface area contributed by atoms with Crippen molar-refractivity contribution in [1.29, 1.82) is 0 Å². The van der Waals surface area contributed by atoms with Crippen molar-refractivity contribution in [2.24, 2.45) is 0 Å². The van der Waals surface area contributed by atoms with Crippen LogP contribution in [0.3, 0.4) is 0 Å². The van der Waals surface area contributed by atoms with Gasteiger partial charge >= 0.3 is 66.7 Å². The molecule has 0 radical (unpaired) electrons. The summed E-state index contributed by atoms with van der Waals surface area (Å²) in [6.07, 6.45) is 15.5. The molecule has 21 heavy (non-hydrogen) atoms. The molecule has 1 aromatic carbocycles. The Labute approximate surface area is 138 Å². The molecule has 0 atom stereocenters. The Hall–Kier alpha value is -1.09. The van der Waals surface area contributed by atoms with Gasteiger partial charge in [0.1, 0.15) is 5.75 Å². The fourth-order valence-corrected chi connectivity index (χ4v) is 7.47. The van der Waals surface area contributed by atoms with Crippen molar-refractivity contribution >= 4 is 6.66 Å². The van der Waals surface area contributed by atoms with Crippen molar-refractivity contribution in [2.45, 2.75) is 26.4 Å². The van der Waals surface area contributed by atoms with Crippen LogP contribution >= 0.6 is 0 Å². The van der Waals surface area contributed by atoms with E-state index in [2.05, 4.69) is 31.3 Å². The monoisotopic (exact) mass is 332 g/mol. The molecule has 1 nitrogen and oxygen atoms in total. The first-order chi connectivity index (χ1) is 10.2. The van der Waals surface area contributed by atoms with Gasteiger partial charge in [-0.2, -0.15) is 0 Å². The summed E-state index contributed by atoms with van der Waals surface area (Å²) in [5, 5.41) is 0. The third-order valence-corrected chi connectivity index (χ3v) is 8.54. The Balaban J connectivity index is 0.000000219. The SMILES string of the molecule is CC=CC=COc1ccccc1.C[SiH](C)[Ti][C]1=CC=CC1. The van der Waals surface area contributed by atoms with E-state index in [1.807, 2.05) is 55.5 Å². The summed E-state index contributed by atoms with van der Waals surface area (Å²) in [4.78, 5) is 0. The van der Waals surface area contributed by atoms with E-state index in [0.29, 0.717) is 18.4 Å².